The fourth-order valence-electron chi connectivity index (χ4n) is 1.63. The van der Waals surface area contributed by atoms with Crippen molar-refractivity contribution in [2.24, 2.45) is 10.4 Å². The third-order valence-electron chi connectivity index (χ3n) is 2.67. The van der Waals surface area contributed by atoms with Crippen molar-refractivity contribution >= 4 is 17.9 Å². The third kappa shape index (κ3) is 3.87. The fourth-order valence-corrected chi connectivity index (χ4v) is 1.63. The van der Waals surface area contributed by atoms with Gasteiger partial charge in [-0.15, -0.1) is 0 Å². The lowest BCUT2D eigenvalue weighted by atomic mass is 9.97. The molecule has 0 saturated carbocycles. The predicted octanol–water partition coefficient (Wildman–Crippen LogP) is 3.63. The molecule has 0 spiro atoms. The monoisotopic (exact) mass is 295 g/mol. The Morgan fingerprint density at radius 1 is 1.24 bits per heavy atom. The van der Waals surface area contributed by atoms with E-state index in [-0.39, 0.29) is 16.9 Å². The molecule has 4 nitrogen and oxygen atoms in total. The van der Waals surface area contributed by atoms with Gasteiger partial charge < -0.3 is 9.47 Å². The van der Waals surface area contributed by atoms with Gasteiger partial charge in [-0.1, -0.05) is 32.9 Å². The molecule has 112 valence electrons. The van der Waals surface area contributed by atoms with Crippen molar-refractivity contribution in [2.75, 3.05) is 0 Å². The Kier molecular flexibility index (Phi) is 4.06. The minimum absolute atomic E-state index is 0.0556. The summed E-state index contributed by atoms with van der Waals surface area (Å²) in [4.78, 5) is 15.9. The van der Waals surface area contributed by atoms with Gasteiger partial charge in [0, 0.05) is 5.41 Å². The van der Waals surface area contributed by atoms with E-state index in [2.05, 4.69) is 9.73 Å². The van der Waals surface area contributed by atoms with Gasteiger partial charge in [-0.3, -0.25) is 0 Å². The van der Waals surface area contributed by atoms with Crippen molar-refractivity contribution in [2.45, 2.75) is 27.4 Å². The van der Waals surface area contributed by atoms with E-state index in [1.54, 1.807) is 12.1 Å². The van der Waals surface area contributed by atoms with Crippen LogP contribution in [-0.4, -0.2) is 18.5 Å². The van der Waals surface area contributed by atoms with Crippen LogP contribution in [0.4, 0.5) is 8.78 Å². The topological polar surface area (TPSA) is 47.9 Å². The molecule has 1 aliphatic rings. The Labute approximate surface area is 121 Å². The van der Waals surface area contributed by atoms with Gasteiger partial charge in [0.05, 0.1) is 0 Å². The fraction of sp³-hybridized carbons (Fsp3) is 0.333. The number of benzene rings is 1. The first kappa shape index (κ1) is 15.2. The quantitative estimate of drug-likeness (QED) is 0.632. The Morgan fingerprint density at radius 3 is 2.33 bits per heavy atom. The number of ether oxygens (including phenoxy) is 2. The molecule has 0 radical (unpaired) electrons. The zero-order chi connectivity index (χ0) is 15.6. The number of halogens is 2. The summed E-state index contributed by atoms with van der Waals surface area (Å²) in [6.07, 6.45) is 1.53. The molecule has 0 atom stereocenters. The highest BCUT2D eigenvalue weighted by molar-refractivity contribution is 6.08. The summed E-state index contributed by atoms with van der Waals surface area (Å²) in [6, 6.07) is 5.91. The zero-order valence-electron chi connectivity index (χ0n) is 11.9. The lowest BCUT2D eigenvalue weighted by molar-refractivity contribution is -0.130. The molecule has 0 fully saturated rings. The molecule has 0 unspecified atom stereocenters. The van der Waals surface area contributed by atoms with E-state index in [9.17, 15) is 13.6 Å². The highest BCUT2D eigenvalue weighted by Crippen LogP contribution is 2.26. The van der Waals surface area contributed by atoms with Gasteiger partial charge in [0.1, 0.15) is 5.75 Å². The average Bonchev–Trinajstić information content (AvgIpc) is 2.73. The molecule has 0 amide bonds. The van der Waals surface area contributed by atoms with Gasteiger partial charge in [0.15, 0.2) is 5.70 Å². The highest BCUT2D eigenvalue weighted by Gasteiger charge is 2.31. The molecule has 0 aromatic heterocycles. The number of esters is 1. The largest absolute Gasteiger partial charge is 0.435 e. The number of hydrogen-bond acceptors (Lipinski definition) is 4. The molecular formula is C15H15F2NO3. The number of rotatable bonds is 3. The Balaban J connectivity index is 2.20. The number of hydrogen-bond donors (Lipinski definition) is 0. The van der Waals surface area contributed by atoms with Crippen molar-refractivity contribution in [3.63, 3.8) is 0 Å². The smallest absolute Gasteiger partial charge is 0.387 e. The summed E-state index contributed by atoms with van der Waals surface area (Å²) in [5, 5.41) is 0. The third-order valence-corrected chi connectivity index (χ3v) is 2.67. The Bertz CT molecular complexity index is 598. The predicted molar refractivity (Wildman–Crippen MR) is 74.0 cm³/mol. The average molecular weight is 295 g/mol. The number of cyclic esters (lactones) is 1. The Morgan fingerprint density at radius 2 is 1.86 bits per heavy atom. The number of alkyl halides is 2. The normalized spacial score (nSPS) is 17.1. The minimum atomic E-state index is -2.86. The van der Waals surface area contributed by atoms with E-state index in [0.717, 1.165) is 0 Å². The summed E-state index contributed by atoms with van der Waals surface area (Å²) >= 11 is 0. The van der Waals surface area contributed by atoms with Crippen LogP contribution in [0.25, 0.3) is 6.08 Å². The molecule has 6 heteroatoms. The molecule has 2 rings (SSSR count). The maximum absolute atomic E-state index is 12.0. The summed E-state index contributed by atoms with van der Waals surface area (Å²) in [6.45, 7) is 2.80. The van der Waals surface area contributed by atoms with Gasteiger partial charge in [0.2, 0.25) is 5.90 Å². The van der Waals surface area contributed by atoms with Gasteiger partial charge in [-0.25, -0.2) is 9.79 Å². The number of carbonyl (C=O) groups excluding carboxylic acids is 1. The van der Waals surface area contributed by atoms with Crippen LogP contribution in [0.1, 0.15) is 26.3 Å². The summed E-state index contributed by atoms with van der Waals surface area (Å²) in [7, 11) is 0. The summed E-state index contributed by atoms with van der Waals surface area (Å²) in [5.41, 5.74) is 0.463. The number of carbonyl (C=O) groups is 1. The maximum Gasteiger partial charge on any atom is 0.387 e. The van der Waals surface area contributed by atoms with Crippen LogP contribution < -0.4 is 4.74 Å². The standard InChI is InChI=1S/C15H15F2NO3/c1-15(2,3)13-18-11(12(19)21-13)8-9-4-6-10(7-5-9)20-14(16)17/h4-8,14H,1-3H3/b11-8-. The van der Waals surface area contributed by atoms with E-state index in [1.807, 2.05) is 20.8 Å². The number of nitrogens with zero attached hydrogens (tertiary/aromatic N) is 1. The molecule has 0 N–H and O–H groups in total. The van der Waals surface area contributed by atoms with Crippen LogP contribution in [-0.2, 0) is 9.53 Å². The molecule has 1 aromatic carbocycles. The molecule has 1 heterocycles. The van der Waals surface area contributed by atoms with Crippen molar-refractivity contribution in [3.05, 3.63) is 35.5 Å². The molecular weight excluding hydrogens is 280 g/mol. The summed E-state index contributed by atoms with van der Waals surface area (Å²) < 4.78 is 33.4. The van der Waals surface area contributed by atoms with E-state index in [1.165, 1.54) is 18.2 Å². The molecule has 21 heavy (non-hydrogen) atoms. The van der Waals surface area contributed by atoms with Crippen LogP contribution in [0, 0.1) is 5.41 Å². The second-order valence-corrected chi connectivity index (χ2v) is 5.53. The van der Waals surface area contributed by atoms with Gasteiger partial charge in [-0.05, 0) is 23.8 Å². The lowest BCUT2D eigenvalue weighted by Crippen LogP contribution is -2.21. The first-order valence-corrected chi connectivity index (χ1v) is 6.33. The SMILES string of the molecule is CC(C)(C)C1=N/C(=C\c2ccc(OC(F)F)cc2)C(=O)O1. The van der Waals surface area contributed by atoms with Crippen LogP contribution in [0.2, 0.25) is 0 Å². The second kappa shape index (κ2) is 5.63. The number of aliphatic imine (C=N–C) groups is 1. The van der Waals surface area contributed by atoms with Gasteiger partial charge in [-0.2, -0.15) is 8.78 Å². The van der Waals surface area contributed by atoms with Crippen LogP contribution in [0.3, 0.4) is 0 Å². The first-order valence-electron chi connectivity index (χ1n) is 6.33. The second-order valence-electron chi connectivity index (χ2n) is 5.53. The molecule has 0 saturated heterocycles. The molecule has 1 aliphatic heterocycles. The zero-order valence-corrected chi connectivity index (χ0v) is 11.9. The highest BCUT2D eigenvalue weighted by atomic mass is 19.3. The van der Waals surface area contributed by atoms with Crippen LogP contribution in [0.5, 0.6) is 5.75 Å². The van der Waals surface area contributed by atoms with Crippen LogP contribution >= 0.6 is 0 Å². The Hall–Kier alpha value is -2.24. The van der Waals surface area contributed by atoms with Gasteiger partial charge in [0.25, 0.3) is 0 Å². The van der Waals surface area contributed by atoms with Crippen LogP contribution in [0.15, 0.2) is 35.0 Å². The van der Waals surface area contributed by atoms with Crippen molar-refractivity contribution in [3.8, 4) is 5.75 Å². The first-order chi connectivity index (χ1) is 9.75. The maximum atomic E-state index is 12.0. The summed E-state index contributed by atoms with van der Waals surface area (Å²) in [5.74, 6) is -0.107. The van der Waals surface area contributed by atoms with E-state index >= 15 is 0 Å². The molecule has 0 aliphatic carbocycles. The minimum Gasteiger partial charge on any atom is -0.435 e. The lowest BCUT2D eigenvalue weighted by Gasteiger charge is -2.15. The van der Waals surface area contributed by atoms with E-state index < -0.39 is 12.6 Å². The molecule has 1 aromatic rings. The van der Waals surface area contributed by atoms with Crippen molar-refractivity contribution in [1.29, 1.82) is 0 Å². The van der Waals surface area contributed by atoms with E-state index in [4.69, 9.17) is 4.74 Å². The molecule has 0 bridgehead atoms. The van der Waals surface area contributed by atoms with Crippen molar-refractivity contribution in [1.82, 2.24) is 0 Å². The van der Waals surface area contributed by atoms with E-state index in [0.29, 0.717) is 11.5 Å². The van der Waals surface area contributed by atoms with Gasteiger partial charge >= 0.3 is 12.6 Å². The van der Waals surface area contributed by atoms with Crippen molar-refractivity contribution < 1.29 is 23.0 Å².